The Hall–Kier alpha value is -3.02. The molecular formula is C19H21N3O3. The van der Waals surface area contributed by atoms with Crippen molar-refractivity contribution in [2.24, 2.45) is 0 Å². The van der Waals surface area contributed by atoms with Gasteiger partial charge in [-0.15, -0.1) is 0 Å². The molecule has 0 aliphatic carbocycles. The maximum atomic E-state index is 12.9. The summed E-state index contributed by atoms with van der Waals surface area (Å²) in [6, 6.07) is 17.0. The van der Waals surface area contributed by atoms with Crippen LogP contribution >= 0.6 is 0 Å². The summed E-state index contributed by atoms with van der Waals surface area (Å²) in [5, 5.41) is 2.58. The summed E-state index contributed by atoms with van der Waals surface area (Å²) in [7, 11) is 3.43. The SMILES string of the molecule is CNC(=O)[C@@H]1CN(C(=O)CN(C)c2ccccc2)c2ccccc2O1. The molecule has 2 aromatic carbocycles. The highest BCUT2D eigenvalue weighted by Gasteiger charge is 2.33. The zero-order valence-corrected chi connectivity index (χ0v) is 14.3. The second kappa shape index (κ2) is 7.25. The third-order valence-corrected chi connectivity index (χ3v) is 4.18. The number of rotatable bonds is 4. The molecule has 1 N–H and O–H groups in total. The van der Waals surface area contributed by atoms with Crippen molar-refractivity contribution in [3.05, 3.63) is 54.6 Å². The van der Waals surface area contributed by atoms with Crippen LogP contribution in [-0.2, 0) is 9.59 Å². The van der Waals surface area contributed by atoms with Gasteiger partial charge in [-0.3, -0.25) is 9.59 Å². The molecule has 1 heterocycles. The third kappa shape index (κ3) is 3.57. The van der Waals surface area contributed by atoms with E-state index in [0.717, 1.165) is 5.69 Å². The van der Waals surface area contributed by atoms with Crippen LogP contribution in [0.2, 0.25) is 0 Å². The van der Waals surface area contributed by atoms with Gasteiger partial charge in [-0.2, -0.15) is 0 Å². The van der Waals surface area contributed by atoms with Gasteiger partial charge >= 0.3 is 0 Å². The molecule has 3 rings (SSSR count). The Labute approximate surface area is 147 Å². The fraction of sp³-hybridized carbons (Fsp3) is 0.263. The average Bonchev–Trinajstić information content (AvgIpc) is 2.67. The van der Waals surface area contributed by atoms with Crippen molar-refractivity contribution < 1.29 is 14.3 Å². The van der Waals surface area contributed by atoms with Gasteiger partial charge in [-0.05, 0) is 24.3 Å². The normalized spacial score (nSPS) is 15.8. The first-order chi connectivity index (χ1) is 12.1. The van der Waals surface area contributed by atoms with E-state index in [9.17, 15) is 9.59 Å². The summed E-state index contributed by atoms with van der Waals surface area (Å²) >= 11 is 0. The minimum absolute atomic E-state index is 0.0870. The molecule has 0 bridgehead atoms. The Morgan fingerprint density at radius 1 is 1.16 bits per heavy atom. The highest BCUT2D eigenvalue weighted by molar-refractivity contribution is 5.99. The number of carbonyl (C=O) groups excluding carboxylic acids is 2. The molecule has 6 nitrogen and oxygen atoms in total. The molecule has 130 valence electrons. The first-order valence-electron chi connectivity index (χ1n) is 8.14. The van der Waals surface area contributed by atoms with Gasteiger partial charge in [0.15, 0.2) is 6.10 Å². The van der Waals surface area contributed by atoms with Crippen molar-refractivity contribution in [2.75, 3.05) is 37.0 Å². The minimum atomic E-state index is -0.717. The van der Waals surface area contributed by atoms with Gasteiger partial charge in [0.25, 0.3) is 5.91 Å². The van der Waals surface area contributed by atoms with Crippen molar-refractivity contribution in [2.45, 2.75) is 6.10 Å². The van der Waals surface area contributed by atoms with Crippen LogP contribution in [0.1, 0.15) is 0 Å². The number of ether oxygens (including phenoxy) is 1. The number of hydrogen-bond acceptors (Lipinski definition) is 4. The molecule has 0 fully saturated rings. The van der Waals surface area contributed by atoms with E-state index in [4.69, 9.17) is 4.74 Å². The maximum absolute atomic E-state index is 12.9. The lowest BCUT2D eigenvalue weighted by Gasteiger charge is -2.35. The molecule has 0 unspecified atom stereocenters. The van der Waals surface area contributed by atoms with Gasteiger partial charge in [-0.25, -0.2) is 0 Å². The van der Waals surface area contributed by atoms with E-state index >= 15 is 0 Å². The molecule has 1 atom stereocenters. The Bertz CT molecular complexity index is 764. The highest BCUT2D eigenvalue weighted by Crippen LogP contribution is 2.33. The maximum Gasteiger partial charge on any atom is 0.262 e. The Morgan fingerprint density at radius 3 is 2.56 bits per heavy atom. The lowest BCUT2D eigenvalue weighted by molar-refractivity contribution is -0.127. The molecule has 1 aliphatic heterocycles. The third-order valence-electron chi connectivity index (χ3n) is 4.18. The molecule has 1 aliphatic rings. The van der Waals surface area contributed by atoms with Crippen LogP contribution in [0.25, 0.3) is 0 Å². The number of nitrogens with one attached hydrogen (secondary N) is 1. The number of nitrogens with zero attached hydrogens (tertiary/aromatic N) is 2. The predicted octanol–water partition coefficient (Wildman–Crippen LogP) is 1.66. The Balaban J connectivity index is 1.81. The molecule has 2 aromatic rings. The number of amides is 2. The summed E-state index contributed by atoms with van der Waals surface area (Å²) in [6.07, 6.45) is -0.717. The Kier molecular flexibility index (Phi) is 4.88. The van der Waals surface area contributed by atoms with E-state index in [1.807, 2.05) is 60.5 Å². The van der Waals surface area contributed by atoms with Crippen LogP contribution in [0.15, 0.2) is 54.6 Å². The van der Waals surface area contributed by atoms with Gasteiger partial charge in [-0.1, -0.05) is 30.3 Å². The molecular weight excluding hydrogens is 318 g/mol. The second-order valence-corrected chi connectivity index (χ2v) is 5.88. The average molecular weight is 339 g/mol. The topological polar surface area (TPSA) is 61.9 Å². The van der Waals surface area contributed by atoms with Crippen LogP contribution in [0.5, 0.6) is 5.75 Å². The van der Waals surface area contributed by atoms with Crippen LogP contribution < -0.4 is 19.9 Å². The van der Waals surface area contributed by atoms with E-state index in [1.165, 1.54) is 0 Å². The number of hydrogen-bond donors (Lipinski definition) is 1. The highest BCUT2D eigenvalue weighted by atomic mass is 16.5. The van der Waals surface area contributed by atoms with Gasteiger partial charge in [0.2, 0.25) is 5.91 Å². The fourth-order valence-electron chi connectivity index (χ4n) is 2.83. The molecule has 0 radical (unpaired) electrons. The van der Waals surface area contributed by atoms with Gasteiger partial charge < -0.3 is 19.9 Å². The van der Waals surface area contributed by atoms with Crippen LogP contribution in [0.4, 0.5) is 11.4 Å². The van der Waals surface area contributed by atoms with Crippen molar-refractivity contribution >= 4 is 23.2 Å². The van der Waals surface area contributed by atoms with Crippen molar-refractivity contribution in [1.29, 1.82) is 0 Å². The smallest absolute Gasteiger partial charge is 0.262 e. The zero-order chi connectivity index (χ0) is 17.8. The second-order valence-electron chi connectivity index (χ2n) is 5.88. The van der Waals surface area contributed by atoms with Gasteiger partial charge in [0.1, 0.15) is 5.75 Å². The standard InChI is InChI=1S/C19H21N3O3/c1-20-19(24)17-12-22(15-10-6-7-11-16(15)25-17)18(23)13-21(2)14-8-4-3-5-9-14/h3-11,17H,12-13H2,1-2H3,(H,20,24)/t17-/m0/s1. The number of anilines is 2. The van der Waals surface area contributed by atoms with E-state index in [2.05, 4.69) is 5.32 Å². The summed E-state index contributed by atoms with van der Waals surface area (Å²) in [5.41, 5.74) is 1.65. The number of carbonyl (C=O) groups is 2. The largest absolute Gasteiger partial charge is 0.477 e. The Morgan fingerprint density at radius 2 is 1.84 bits per heavy atom. The lowest BCUT2D eigenvalue weighted by Crippen LogP contribution is -2.52. The van der Waals surface area contributed by atoms with E-state index in [0.29, 0.717) is 11.4 Å². The lowest BCUT2D eigenvalue weighted by atomic mass is 10.1. The van der Waals surface area contributed by atoms with Crippen molar-refractivity contribution in [3.8, 4) is 5.75 Å². The summed E-state index contributed by atoms with van der Waals surface area (Å²) in [5.74, 6) is 0.206. The monoisotopic (exact) mass is 339 g/mol. The quantitative estimate of drug-likeness (QED) is 0.920. The summed E-state index contributed by atoms with van der Waals surface area (Å²) < 4.78 is 5.74. The van der Waals surface area contributed by atoms with E-state index < -0.39 is 6.10 Å². The van der Waals surface area contributed by atoms with E-state index in [1.54, 1.807) is 18.0 Å². The molecule has 0 saturated carbocycles. The van der Waals surface area contributed by atoms with Crippen LogP contribution in [-0.4, -0.2) is 45.1 Å². The first-order valence-corrected chi connectivity index (χ1v) is 8.14. The zero-order valence-electron chi connectivity index (χ0n) is 14.3. The van der Waals surface area contributed by atoms with Crippen molar-refractivity contribution in [1.82, 2.24) is 5.32 Å². The van der Waals surface area contributed by atoms with Crippen LogP contribution in [0.3, 0.4) is 0 Å². The molecule has 25 heavy (non-hydrogen) atoms. The number of likely N-dealkylation sites (N-methyl/N-ethyl adjacent to an activating group) is 2. The molecule has 0 spiro atoms. The number of para-hydroxylation sites is 3. The predicted molar refractivity (Wildman–Crippen MR) is 97.0 cm³/mol. The first kappa shape index (κ1) is 16.8. The van der Waals surface area contributed by atoms with Crippen molar-refractivity contribution in [3.63, 3.8) is 0 Å². The molecule has 2 amide bonds. The summed E-state index contributed by atoms with van der Waals surface area (Å²) in [4.78, 5) is 28.4. The van der Waals surface area contributed by atoms with E-state index in [-0.39, 0.29) is 24.9 Å². The molecule has 0 aromatic heterocycles. The molecule has 6 heteroatoms. The van der Waals surface area contributed by atoms with Crippen LogP contribution in [0, 0.1) is 0 Å². The number of fused-ring (bicyclic) bond motifs is 1. The number of benzene rings is 2. The summed E-state index contributed by atoms with van der Waals surface area (Å²) in [6.45, 7) is 0.400. The molecule has 0 saturated heterocycles. The van der Waals surface area contributed by atoms with Gasteiger partial charge in [0, 0.05) is 19.8 Å². The minimum Gasteiger partial charge on any atom is -0.477 e. The van der Waals surface area contributed by atoms with Gasteiger partial charge in [0.05, 0.1) is 18.8 Å². The fourth-order valence-corrected chi connectivity index (χ4v) is 2.83.